The van der Waals surface area contributed by atoms with Crippen LogP contribution in [0.1, 0.15) is 0 Å². The first-order valence-electron chi connectivity index (χ1n) is 3.57. The van der Waals surface area contributed by atoms with Gasteiger partial charge < -0.3 is 19.3 Å². The predicted molar refractivity (Wildman–Crippen MR) is 44.4 cm³/mol. The standard InChI is InChI=1S/C5H9BFO5P/c6-5-3(7)1-4(12-5)11-2-13(8,9)10/h1,4-5H,2,6H2,(H2,8,9,10). The molecule has 0 aromatic carbocycles. The van der Waals surface area contributed by atoms with Gasteiger partial charge in [0.05, 0.1) is 6.00 Å². The number of ether oxygens (including phenoxy) is 2. The molecule has 0 saturated carbocycles. The van der Waals surface area contributed by atoms with E-state index in [1.165, 1.54) is 7.85 Å². The van der Waals surface area contributed by atoms with Crippen LogP contribution in [0.25, 0.3) is 0 Å². The summed E-state index contributed by atoms with van der Waals surface area (Å²) in [5, 5.41) is 0. The van der Waals surface area contributed by atoms with E-state index in [0.29, 0.717) is 0 Å². The molecule has 0 aromatic heterocycles. The molecule has 2 unspecified atom stereocenters. The van der Waals surface area contributed by atoms with E-state index in [2.05, 4.69) is 4.74 Å². The zero-order valence-corrected chi connectivity index (χ0v) is 7.78. The molecule has 0 amide bonds. The van der Waals surface area contributed by atoms with E-state index in [1.807, 2.05) is 0 Å². The van der Waals surface area contributed by atoms with Crippen molar-refractivity contribution in [3.8, 4) is 0 Å². The van der Waals surface area contributed by atoms with Crippen molar-refractivity contribution in [1.82, 2.24) is 0 Å². The summed E-state index contributed by atoms with van der Waals surface area (Å²) in [4.78, 5) is 16.9. The van der Waals surface area contributed by atoms with Crippen LogP contribution in [0.2, 0.25) is 0 Å². The van der Waals surface area contributed by atoms with Gasteiger partial charge in [-0.25, -0.2) is 4.39 Å². The Morgan fingerprint density at radius 3 is 2.77 bits per heavy atom. The van der Waals surface area contributed by atoms with Crippen LogP contribution in [0.3, 0.4) is 0 Å². The maximum atomic E-state index is 12.6. The average Bonchev–Trinajstić information content (AvgIpc) is 2.27. The van der Waals surface area contributed by atoms with Gasteiger partial charge in [0.15, 0.2) is 12.6 Å². The molecule has 0 bridgehead atoms. The Kier molecular flexibility index (Phi) is 3.26. The van der Waals surface area contributed by atoms with Gasteiger partial charge in [-0.2, -0.15) is 0 Å². The minimum atomic E-state index is -4.21. The summed E-state index contributed by atoms with van der Waals surface area (Å²) >= 11 is 0. The Hall–Kier alpha value is -0.195. The lowest BCUT2D eigenvalue weighted by Crippen LogP contribution is -2.16. The first-order chi connectivity index (χ1) is 5.88. The lowest BCUT2D eigenvalue weighted by Gasteiger charge is -2.12. The molecule has 74 valence electrons. The molecule has 0 radical (unpaired) electrons. The summed E-state index contributed by atoms with van der Waals surface area (Å²) in [6.45, 7) is 0. The molecule has 1 aliphatic rings. The quantitative estimate of drug-likeness (QED) is 0.476. The lowest BCUT2D eigenvalue weighted by molar-refractivity contribution is -0.0915. The molecule has 0 fully saturated rings. The molecule has 1 rings (SSSR count). The average molecular weight is 210 g/mol. The molecule has 13 heavy (non-hydrogen) atoms. The molecule has 0 aromatic rings. The molecule has 5 nitrogen and oxygen atoms in total. The van der Waals surface area contributed by atoms with Gasteiger partial charge in [-0.3, -0.25) is 4.57 Å². The maximum absolute atomic E-state index is 12.6. The van der Waals surface area contributed by atoms with Gasteiger partial charge in [-0.1, -0.05) is 0 Å². The van der Waals surface area contributed by atoms with E-state index in [4.69, 9.17) is 14.5 Å². The van der Waals surface area contributed by atoms with Crippen LogP contribution in [0.15, 0.2) is 11.9 Å². The second-order valence-electron chi connectivity index (χ2n) is 2.66. The predicted octanol–water partition coefficient (Wildman–Crippen LogP) is -0.693. The summed E-state index contributed by atoms with van der Waals surface area (Å²) in [5.41, 5.74) is 0. The van der Waals surface area contributed by atoms with Crippen molar-refractivity contribution in [2.75, 3.05) is 6.35 Å². The zero-order valence-electron chi connectivity index (χ0n) is 6.88. The molecular weight excluding hydrogens is 201 g/mol. The Balaban J connectivity index is 2.38. The molecule has 1 aliphatic heterocycles. The number of hydrogen-bond donors (Lipinski definition) is 2. The minimum Gasteiger partial charge on any atom is -0.348 e. The summed E-state index contributed by atoms with van der Waals surface area (Å²) in [6.07, 6.45) is -0.725. The Bertz CT molecular complexity index is 264. The fourth-order valence-corrected chi connectivity index (χ4v) is 1.17. The molecule has 0 spiro atoms. The van der Waals surface area contributed by atoms with E-state index < -0.39 is 32.1 Å². The zero-order chi connectivity index (χ0) is 10.1. The molecule has 0 aliphatic carbocycles. The number of halogens is 1. The van der Waals surface area contributed by atoms with Crippen LogP contribution >= 0.6 is 7.60 Å². The maximum Gasteiger partial charge on any atom is 0.351 e. The van der Waals surface area contributed by atoms with E-state index in [-0.39, 0.29) is 0 Å². The number of rotatable bonds is 3. The summed E-state index contributed by atoms with van der Waals surface area (Å²) in [6, 6.07) is -0.707. The molecule has 2 N–H and O–H groups in total. The van der Waals surface area contributed by atoms with Crippen LogP contribution < -0.4 is 0 Å². The highest BCUT2D eigenvalue weighted by Crippen LogP contribution is 2.35. The van der Waals surface area contributed by atoms with Crippen LogP contribution in [-0.4, -0.2) is 36.3 Å². The molecule has 1 heterocycles. The highest BCUT2D eigenvalue weighted by molar-refractivity contribution is 7.51. The van der Waals surface area contributed by atoms with Crippen molar-refractivity contribution in [3.05, 3.63) is 11.9 Å². The van der Waals surface area contributed by atoms with Crippen LogP contribution in [0, 0.1) is 0 Å². The van der Waals surface area contributed by atoms with E-state index in [1.54, 1.807) is 0 Å². The van der Waals surface area contributed by atoms with Gasteiger partial charge in [0.2, 0.25) is 0 Å². The Morgan fingerprint density at radius 2 is 2.38 bits per heavy atom. The van der Waals surface area contributed by atoms with Crippen LogP contribution in [-0.2, 0) is 14.0 Å². The van der Waals surface area contributed by atoms with Crippen molar-refractivity contribution < 1.29 is 28.2 Å². The van der Waals surface area contributed by atoms with Gasteiger partial charge in [0, 0.05) is 6.08 Å². The minimum absolute atomic E-state index is 0.490. The Morgan fingerprint density at radius 1 is 1.77 bits per heavy atom. The topological polar surface area (TPSA) is 76.0 Å². The fourth-order valence-electron chi connectivity index (χ4n) is 0.829. The van der Waals surface area contributed by atoms with Gasteiger partial charge in [0.25, 0.3) is 0 Å². The van der Waals surface area contributed by atoms with Crippen molar-refractivity contribution in [1.29, 1.82) is 0 Å². The lowest BCUT2D eigenvalue weighted by atomic mass is 10.0. The highest BCUT2D eigenvalue weighted by atomic mass is 31.2. The second kappa shape index (κ2) is 3.90. The van der Waals surface area contributed by atoms with Gasteiger partial charge >= 0.3 is 7.60 Å². The van der Waals surface area contributed by atoms with Crippen molar-refractivity contribution >= 4 is 15.4 Å². The first kappa shape index (κ1) is 10.9. The van der Waals surface area contributed by atoms with Gasteiger partial charge in [0.1, 0.15) is 13.7 Å². The van der Waals surface area contributed by atoms with Crippen molar-refractivity contribution in [3.63, 3.8) is 0 Å². The molecular formula is C5H9BFO5P. The van der Waals surface area contributed by atoms with E-state index in [9.17, 15) is 8.96 Å². The normalized spacial score (nSPS) is 29.0. The Labute approximate surface area is 75.1 Å². The van der Waals surface area contributed by atoms with E-state index in [0.717, 1.165) is 6.08 Å². The third-order valence-corrected chi connectivity index (χ3v) is 1.91. The molecule has 0 saturated heterocycles. The summed E-state index contributed by atoms with van der Waals surface area (Å²) in [5.74, 6) is -0.490. The third-order valence-electron chi connectivity index (χ3n) is 1.43. The second-order valence-corrected chi connectivity index (χ2v) is 4.25. The molecule has 2 atom stereocenters. The monoisotopic (exact) mass is 210 g/mol. The van der Waals surface area contributed by atoms with Crippen LogP contribution in [0.4, 0.5) is 4.39 Å². The van der Waals surface area contributed by atoms with Crippen molar-refractivity contribution in [2.45, 2.75) is 12.3 Å². The third kappa shape index (κ3) is 3.58. The van der Waals surface area contributed by atoms with Gasteiger partial charge in [-0.05, 0) is 0 Å². The SMILES string of the molecule is BC1OC(OCP(=O)(O)O)C=C1F. The first-order valence-corrected chi connectivity index (χ1v) is 5.37. The van der Waals surface area contributed by atoms with E-state index >= 15 is 0 Å². The molecule has 8 heteroatoms. The van der Waals surface area contributed by atoms with Crippen molar-refractivity contribution in [2.24, 2.45) is 0 Å². The largest absolute Gasteiger partial charge is 0.351 e. The highest BCUT2D eigenvalue weighted by Gasteiger charge is 2.26. The van der Waals surface area contributed by atoms with Crippen LogP contribution in [0.5, 0.6) is 0 Å². The smallest absolute Gasteiger partial charge is 0.348 e. The summed E-state index contributed by atoms with van der Waals surface area (Å²) < 4.78 is 32.4. The summed E-state index contributed by atoms with van der Waals surface area (Å²) in [7, 11) is -2.73. The van der Waals surface area contributed by atoms with Gasteiger partial charge in [-0.15, -0.1) is 0 Å². The number of hydrogen-bond acceptors (Lipinski definition) is 3. The fraction of sp³-hybridized carbons (Fsp3) is 0.600.